The molecule has 1 rings (SSSR count). The van der Waals surface area contributed by atoms with E-state index < -0.39 is 5.97 Å². The lowest BCUT2D eigenvalue weighted by molar-refractivity contribution is -0.150. The van der Waals surface area contributed by atoms with Crippen molar-refractivity contribution in [2.24, 2.45) is 17.3 Å². The highest BCUT2D eigenvalue weighted by atomic mass is 16.4. The summed E-state index contributed by atoms with van der Waals surface area (Å²) in [5.41, 5.74) is -0.328. The van der Waals surface area contributed by atoms with Crippen molar-refractivity contribution in [3.05, 3.63) is 0 Å². The van der Waals surface area contributed by atoms with Crippen molar-refractivity contribution < 1.29 is 14.7 Å². The summed E-state index contributed by atoms with van der Waals surface area (Å²) in [5.74, 6) is -0.959. The monoisotopic (exact) mass is 299 g/mol. The van der Waals surface area contributed by atoms with E-state index in [9.17, 15) is 14.7 Å². The van der Waals surface area contributed by atoms with Gasteiger partial charge in [-0.25, -0.2) is 4.79 Å². The number of hydrogen-bond acceptors (Lipinski definition) is 3. The molecule has 0 bridgehead atoms. The zero-order valence-corrected chi connectivity index (χ0v) is 13.8. The van der Waals surface area contributed by atoms with Crippen LogP contribution in [0, 0.1) is 17.3 Å². The van der Waals surface area contributed by atoms with Gasteiger partial charge in [-0.1, -0.05) is 20.8 Å². The molecule has 1 aliphatic rings. The van der Waals surface area contributed by atoms with Crippen molar-refractivity contribution in [3.63, 3.8) is 0 Å². The van der Waals surface area contributed by atoms with Gasteiger partial charge in [-0.15, -0.1) is 0 Å². The number of urea groups is 1. The highest BCUT2D eigenvalue weighted by Crippen LogP contribution is 2.45. The van der Waals surface area contributed by atoms with Gasteiger partial charge in [0, 0.05) is 26.2 Å². The van der Waals surface area contributed by atoms with Crippen LogP contribution in [-0.2, 0) is 4.79 Å². The average Bonchev–Trinajstić information content (AvgIpc) is 2.40. The van der Waals surface area contributed by atoms with Gasteiger partial charge in [-0.3, -0.25) is 4.79 Å². The maximum atomic E-state index is 12.2. The summed E-state index contributed by atoms with van der Waals surface area (Å²) in [6.45, 7) is 7.40. The van der Waals surface area contributed by atoms with Crippen LogP contribution in [0.25, 0.3) is 0 Å². The summed E-state index contributed by atoms with van der Waals surface area (Å²) < 4.78 is 0. The minimum atomic E-state index is -0.734. The second-order valence-electron chi connectivity index (χ2n) is 6.66. The third kappa shape index (κ3) is 4.09. The van der Waals surface area contributed by atoms with Crippen molar-refractivity contribution in [2.75, 3.05) is 27.2 Å². The maximum absolute atomic E-state index is 12.2. The van der Waals surface area contributed by atoms with Crippen LogP contribution >= 0.6 is 0 Å². The fourth-order valence-corrected chi connectivity index (χ4v) is 3.09. The molecule has 0 aromatic rings. The summed E-state index contributed by atoms with van der Waals surface area (Å²) >= 11 is 0. The van der Waals surface area contributed by atoms with Gasteiger partial charge in [0.25, 0.3) is 0 Å². The van der Waals surface area contributed by atoms with Gasteiger partial charge in [0.15, 0.2) is 0 Å². The Morgan fingerprint density at radius 1 is 1.33 bits per heavy atom. The topological polar surface area (TPSA) is 81.7 Å². The van der Waals surface area contributed by atoms with E-state index in [2.05, 4.69) is 10.6 Å². The molecule has 6 nitrogen and oxygen atoms in total. The van der Waals surface area contributed by atoms with Crippen molar-refractivity contribution in [1.29, 1.82) is 0 Å². The van der Waals surface area contributed by atoms with Crippen LogP contribution in [0.3, 0.4) is 0 Å². The van der Waals surface area contributed by atoms with E-state index in [4.69, 9.17) is 0 Å². The van der Waals surface area contributed by atoms with Gasteiger partial charge in [0.05, 0.1) is 5.92 Å². The molecule has 3 atom stereocenters. The standard InChI is InChI=1S/C15H29N3O3/c1-10-12(17-14(21)18(5)9-8-16-4)7-6-11(13(19)20)15(10,2)3/h10-12,16H,6-9H2,1-5H3,(H,17,21)(H,19,20). The Hall–Kier alpha value is -1.30. The van der Waals surface area contributed by atoms with E-state index >= 15 is 0 Å². The third-order valence-corrected chi connectivity index (χ3v) is 5.09. The van der Waals surface area contributed by atoms with E-state index in [0.717, 1.165) is 6.54 Å². The number of carboxylic acids is 1. The van der Waals surface area contributed by atoms with Crippen molar-refractivity contribution >= 4 is 12.0 Å². The second kappa shape index (κ2) is 7.11. The summed E-state index contributed by atoms with van der Waals surface area (Å²) in [4.78, 5) is 25.2. The molecule has 1 aliphatic carbocycles. The van der Waals surface area contributed by atoms with Crippen molar-refractivity contribution in [1.82, 2.24) is 15.5 Å². The Bertz CT molecular complexity index is 384. The predicted octanol–water partition coefficient (Wildman–Crippen LogP) is 1.37. The zero-order chi connectivity index (χ0) is 16.2. The van der Waals surface area contributed by atoms with E-state index in [-0.39, 0.29) is 29.3 Å². The molecule has 0 spiro atoms. The number of rotatable bonds is 5. The van der Waals surface area contributed by atoms with Crippen LogP contribution in [0.4, 0.5) is 4.79 Å². The first-order chi connectivity index (χ1) is 9.71. The van der Waals surface area contributed by atoms with Gasteiger partial charge >= 0.3 is 12.0 Å². The van der Waals surface area contributed by atoms with Crippen LogP contribution in [0.2, 0.25) is 0 Å². The van der Waals surface area contributed by atoms with E-state index in [1.807, 2.05) is 27.8 Å². The number of carbonyl (C=O) groups excluding carboxylic acids is 1. The number of hydrogen-bond donors (Lipinski definition) is 3. The quantitative estimate of drug-likeness (QED) is 0.716. The van der Waals surface area contributed by atoms with Crippen LogP contribution < -0.4 is 10.6 Å². The molecule has 3 N–H and O–H groups in total. The highest BCUT2D eigenvalue weighted by molar-refractivity contribution is 5.74. The van der Waals surface area contributed by atoms with Gasteiger partial charge in [0.1, 0.15) is 0 Å². The number of aliphatic carboxylic acids is 1. The molecular formula is C15H29N3O3. The van der Waals surface area contributed by atoms with Crippen LogP contribution in [-0.4, -0.2) is 55.2 Å². The van der Waals surface area contributed by atoms with Gasteiger partial charge in [-0.2, -0.15) is 0 Å². The molecule has 0 heterocycles. The number of nitrogens with zero attached hydrogens (tertiary/aromatic N) is 1. The van der Waals surface area contributed by atoms with Crippen molar-refractivity contribution in [2.45, 2.75) is 39.7 Å². The minimum absolute atomic E-state index is 0.0279. The van der Waals surface area contributed by atoms with E-state index in [1.54, 1.807) is 11.9 Å². The molecule has 0 aromatic carbocycles. The number of amides is 2. The first kappa shape index (κ1) is 17.8. The van der Waals surface area contributed by atoms with E-state index in [0.29, 0.717) is 19.4 Å². The van der Waals surface area contributed by atoms with Crippen LogP contribution in [0.5, 0.6) is 0 Å². The summed E-state index contributed by atoms with van der Waals surface area (Å²) in [6.07, 6.45) is 1.32. The minimum Gasteiger partial charge on any atom is -0.481 e. The smallest absolute Gasteiger partial charge is 0.317 e. The van der Waals surface area contributed by atoms with Gasteiger partial charge in [-0.05, 0) is 31.2 Å². The van der Waals surface area contributed by atoms with Gasteiger partial charge < -0.3 is 20.6 Å². The Kier molecular flexibility index (Phi) is 6.01. The largest absolute Gasteiger partial charge is 0.481 e. The lowest BCUT2D eigenvalue weighted by atomic mass is 9.61. The van der Waals surface area contributed by atoms with Gasteiger partial charge in [0.2, 0.25) is 0 Å². The lowest BCUT2D eigenvalue weighted by Crippen LogP contribution is -2.54. The Labute approximate surface area is 127 Å². The maximum Gasteiger partial charge on any atom is 0.317 e. The summed E-state index contributed by atoms with van der Waals surface area (Å²) in [5, 5.41) is 15.4. The lowest BCUT2D eigenvalue weighted by Gasteiger charge is -2.46. The summed E-state index contributed by atoms with van der Waals surface area (Å²) in [6, 6.07) is -0.0631. The molecule has 0 saturated heterocycles. The van der Waals surface area contributed by atoms with Crippen LogP contribution in [0.1, 0.15) is 33.6 Å². The summed E-state index contributed by atoms with van der Waals surface area (Å²) in [7, 11) is 3.62. The fraction of sp³-hybridized carbons (Fsp3) is 0.867. The SMILES string of the molecule is CNCCN(C)C(=O)NC1CCC(C(=O)O)C(C)(C)C1C. The number of carbonyl (C=O) groups is 2. The molecule has 6 heteroatoms. The molecule has 0 aromatic heterocycles. The Morgan fingerprint density at radius 2 is 1.95 bits per heavy atom. The predicted molar refractivity (Wildman–Crippen MR) is 82.2 cm³/mol. The van der Waals surface area contributed by atoms with E-state index in [1.165, 1.54) is 0 Å². The molecule has 1 fully saturated rings. The molecule has 3 unspecified atom stereocenters. The third-order valence-electron chi connectivity index (χ3n) is 5.09. The molecular weight excluding hydrogens is 270 g/mol. The number of carboxylic acid groups (broad SMARTS) is 1. The number of nitrogens with one attached hydrogen (secondary N) is 2. The normalized spacial score (nSPS) is 28.0. The molecule has 0 radical (unpaired) electrons. The molecule has 21 heavy (non-hydrogen) atoms. The average molecular weight is 299 g/mol. The molecule has 2 amide bonds. The molecule has 0 aliphatic heterocycles. The number of likely N-dealkylation sites (N-methyl/N-ethyl adjacent to an activating group) is 2. The second-order valence-corrected chi connectivity index (χ2v) is 6.66. The first-order valence-electron chi connectivity index (χ1n) is 7.60. The molecule has 1 saturated carbocycles. The molecule has 122 valence electrons. The van der Waals surface area contributed by atoms with Crippen LogP contribution in [0.15, 0.2) is 0 Å². The Morgan fingerprint density at radius 3 is 2.48 bits per heavy atom. The fourth-order valence-electron chi connectivity index (χ4n) is 3.09. The highest BCUT2D eigenvalue weighted by Gasteiger charge is 2.46. The first-order valence-corrected chi connectivity index (χ1v) is 7.60. The Balaban J connectivity index is 2.66. The zero-order valence-electron chi connectivity index (χ0n) is 13.8. The van der Waals surface area contributed by atoms with Crippen molar-refractivity contribution in [3.8, 4) is 0 Å².